The standard InChI is InChI=1S/C23H15ClF3N5O/c24-17-5-1-2-6-18(17)31-19(12-20(29)23(25,26)27)14-7-9-15(10-8-14)22(33)32-21-16(13-28)4-3-11-30-21/h1-12,29,31H,(H,30,32,33)/b19-12-,29-20?. The van der Waals surface area contributed by atoms with E-state index in [-0.39, 0.29) is 33.2 Å². The van der Waals surface area contributed by atoms with Crippen molar-refractivity contribution in [2.24, 2.45) is 0 Å². The van der Waals surface area contributed by atoms with E-state index in [9.17, 15) is 18.0 Å². The number of nitriles is 1. The number of nitrogens with one attached hydrogen (secondary N) is 3. The van der Waals surface area contributed by atoms with Gasteiger partial charge in [0.05, 0.1) is 16.3 Å². The van der Waals surface area contributed by atoms with Crippen LogP contribution in [-0.4, -0.2) is 22.8 Å². The van der Waals surface area contributed by atoms with E-state index in [0.29, 0.717) is 11.8 Å². The van der Waals surface area contributed by atoms with E-state index in [1.54, 1.807) is 30.3 Å². The first kappa shape index (κ1) is 23.5. The lowest BCUT2D eigenvalue weighted by atomic mass is 10.1. The van der Waals surface area contributed by atoms with Gasteiger partial charge in [-0.3, -0.25) is 10.2 Å². The van der Waals surface area contributed by atoms with Crippen molar-refractivity contribution in [1.82, 2.24) is 4.98 Å². The Morgan fingerprint density at radius 2 is 1.70 bits per heavy atom. The number of allylic oxidation sites excluding steroid dienone is 1. The van der Waals surface area contributed by atoms with Crippen LogP contribution in [0.4, 0.5) is 24.7 Å². The zero-order valence-electron chi connectivity index (χ0n) is 16.7. The summed E-state index contributed by atoms with van der Waals surface area (Å²) < 4.78 is 38.9. The summed E-state index contributed by atoms with van der Waals surface area (Å²) in [6.45, 7) is 0. The molecule has 3 rings (SSSR count). The van der Waals surface area contributed by atoms with Gasteiger partial charge in [0.1, 0.15) is 11.8 Å². The molecule has 2 aromatic carbocycles. The highest BCUT2D eigenvalue weighted by Gasteiger charge is 2.33. The number of amides is 1. The summed E-state index contributed by atoms with van der Waals surface area (Å²) in [5, 5.41) is 22.1. The summed E-state index contributed by atoms with van der Waals surface area (Å²) in [5.41, 5.74) is -0.581. The van der Waals surface area contributed by atoms with Crippen LogP contribution in [-0.2, 0) is 0 Å². The number of hydrogen-bond acceptors (Lipinski definition) is 5. The SMILES string of the molecule is N#Cc1cccnc1NC(=O)c1ccc(/C(=C/C(=N)C(F)(F)F)Nc2ccccc2Cl)cc1. The van der Waals surface area contributed by atoms with E-state index in [0.717, 1.165) is 0 Å². The Morgan fingerprint density at radius 1 is 1.03 bits per heavy atom. The van der Waals surface area contributed by atoms with Crippen molar-refractivity contribution < 1.29 is 18.0 Å². The third kappa shape index (κ3) is 5.96. The zero-order chi connectivity index (χ0) is 24.0. The van der Waals surface area contributed by atoms with Crippen LogP contribution in [0.15, 0.2) is 72.9 Å². The molecule has 1 heterocycles. The van der Waals surface area contributed by atoms with Gasteiger partial charge in [0.25, 0.3) is 5.91 Å². The number of aromatic nitrogens is 1. The molecule has 0 saturated carbocycles. The Balaban J connectivity index is 1.89. The number of pyridine rings is 1. The Kier molecular flexibility index (Phi) is 7.10. The number of alkyl halides is 3. The number of carbonyl (C=O) groups is 1. The van der Waals surface area contributed by atoms with Gasteiger partial charge in [0.2, 0.25) is 0 Å². The van der Waals surface area contributed by atoms with E-state index in [1.807, 2.05) is 6.07 Å². The quantitative estimate of drug-likeness (QED) is 0.391. The summed E-state index contributed by atoms with van der Waals surface area (Å²) in [6.07, 6.45) is -2.77. The molecule has 0 unspecified atom stereocenters. The van der Waals surface area contributed by atoms with Crippen LogP contribution < -0.4 is 10.6 Å². The van der Waals surface area contributed by atoms with E-state index in [2.05, 4.69) is 15.6 Å². The summed E-state index contributed by atoms with van der Waals surface area (Å²) in [7, 11) is 0. The smallest absolute Gasteiger partial charge is 0.354 e. The van der Waals surface area contributed by atoms with Crippen LogP contribution in [0.2, 0.25) is 5.02 Å². The Bertz CT molecular complexity index is 1260. The highest BCUT2D eigenvalue weighted by molar-refractivity contribution is 6.33. The normalized spacial score (nSPS) is 11.4. The molecule has 0 saturated heterocycles. The highest BCUT2D eigenvalue weighted by Crippen LogP contribution is 2.27. The second-order valence-electron chi connectivity index (χ2n) is 6.62. The third-order valence-electron chi connectivity index (χ3n) is 4.36. The number of hydrogen-bond donors (Lipinski definition) is 3. The first-order valence-electron chi connectivity index (χ1n) is 9.35. The first-order chi connectivity index (χ1) is 15.7. The molecular weight excluding hydrogens is 455 g/mol. The molecule has 0 fully saturated rings. The number of anilines is 2. The van der Waals surface area contributed by atoms with Gasteiger partial charge in [-0.15, -0.1) is 0 Å². The highest BCUT2D eigenvalue weighted by atomic mass is 35.5. The molecule has 33 heavy (non-hydrogen) atoms. The molecule has 0 spiro atoms. The third-order valence-corrected chi connectivity index (χ3v) is 4.69. The summed E-state index contributed by atoms with van der Waals surface area (Å²) >= 11 is 6.10. The molecule has 1 amide bonds. The Morgan fingerprint density at radius 3 is 2.33 bits per heavy atom. The topological polar surface area (TPSA) is 102 Å². The summed E-state index contributed by atoms with van der Waals surface area (Å²) in [4.78, 5) is 16.5. The molecule has 3 N–H and O–H groups in total. The number of halogens is 4. The average Bonchev–Trinajstić information content (AvgIpc) is 2.79. The van der Waals surface area contributed by atoms with Gasteiger partial charge in [-0.1, -0.05) is 35.9 Å². The Labute approximate surface area is 191 Å². The lowest BCUT2D eigenvalue weighted by molar-refractivity contribution is -0.0583. The number of para-hydroxylation sites is 1. The minimum Gasteiger partial charge on any atom is -0.354 e. The maximum absolute atomic E-state index is 13.0. The first-order valence-corrected chi connectivity index (χ1v) is 9.72. The molecule has 166 valence electrons. The maximum atomic E-state index is 13.0. The number of nitrogens with zero attached hydrogens (tertiary/aromatic N) is 2. The minimum absolute atomic E-state index is 0.0334. The molecule has 0 atom stereocenters. The largest absolute Gasteiger partial charge is 0.432 e. The van der Waals surface area contributed by atoms with Crippen molar-refractivity contribution >= 4 is 40.4 Å². The van der Waals surface area contributed by atoms with E-state index in [1.165, 1.54) is 36.5 Å². The number of benzene rings is 2. The van der Waals surface area contributed by atoms with E-state index in [4.69, 9.17) is 22.3 Å². The predicted molar refractivity (Wildman–Crippen MR) is 120 cm³/mol. The second-order valence-corrected chi connectivity index (χ2v) is 7.02. The molecule has 0 aliphatic heterocycles. The number of carbonyl (C=O) groups excluding carboxylic acids is 1. The van der Waals surface area contributed by atoms with Gasteiger partial charge in [0, 0.05) is 17.5 Å². The average molecular weight is 470 g/mol. The van der Waals surface area contributed by atoms with Gasteiger partial charge in [-0.2, -0.15) is 18.4 Å². The lowest BCUT2D eigenvalue weighted by Crippen LogP contribution is -2.20. The monoisotopic (exact) mass is 469 g/mol. The molecular formula is C23H15ClF3N5O. The summed E-state index contributed by atoms with van der Waals surface area (Å²) in [5.74, 6) is -0.460. The van der Waals surface area contributed by atoms with Crippen molar-refractivity contribution in [1.29, 1.82) is 10.7 Å². The molecule has 0 bridgehead atoms. The minimum atomic E-state index is -4.84. The molecule has 3 aromatic rings. The van der Waals surface area contributed by atoms with Crippen molar-refractivity contribution in [3.05, 3.63) is 94.6 Å². The molecule has 0 aliphatic rings. The second kappa shape index (κ2) is 9.97. The van der Waals surface area contributed by atoms with Crippen LogP contribution in [0.5, 0.6) is 0 Å². The fraction of sp³-hybridized carbons (Fsp3) is 0.0435. The zero-order valence-corrected chi connectivity index (χ0v) is 17.5. The van der Waals surface area contributed by atoms with E-state index >= 15 is 0 Å². The molecule has 0 radical (unpaired) electrons. The van der Waals surface area contributed by atoms with Crippen molar-refractivity contribution in [2.75, 3.05) is 10.6 Å². The van der Waals surface area contributed by atoms with Gasteiger partial charge in [-0.05, 0) is 48.0 Å². The predicted octanol–water partition coefficient (Wildman–Crippen LogP) is 5.89. The van der Waals surface area contributed by atoms with Gasteiger partial charge in [0.15, 0.2) is 5.82 Å². The van der Waals surface area contributed by atoms with Crippen LogP contribution in [0, 0.1) is 16.7 Å². The molecule has 10 heteroatoms. The summed E-state index contributed by atoms with van der Waals surface area (Å²) in [6, 6.07) is 17.1. The van der Waals surface area contributed by atoms with Crippen LogP contribution >= 0.6 is 11.6 Å². The Hall–Kier alpha value is -4.16. The van der Waals surface area contributed by atoms with Crippen LogP contribution in [0.3, 0.4) is 0 Å². The molecule has 6 nitrogen and oxygen atoms in total. The molecule has 1 aromatic heterocycles. The van der Waals surface area contributed by atoms with Gasteiger partial charge >= 0.3 is 6.18 Å². The van der Waals surface area contributed by atoms with Crippen molar-refractivity contribution in [2.45, 2.75) is 6.18 Å². The van der Waals surface area contributed by atoms with Crippen molar-refractivity contribution in [3.63, 3.8) is 0 Å². The van der Waals surface area contributed by atoms with E-state index < -0.39 is 17.8 Å². The lowest BCUT2D eigenvalue weighted by Gasteiger charge is -2.15. The maximum Gasteiger partial charge on any atom is 0.432 e. The van der Waals surface area contributed by atoms with Crippen molar-refractivity contribution in [3.8, 4) is 6.07 Å². The fourth-order valence-electron chi connectivity index (χ4n) is 2.70. The number of rotatable bonds is 6. The molecule has 0 aliphatic carbocycles. The van der Waals surface area contributed by atoms with Crippen LogP contribution in [0.1, 0.15) is 21.5 Å². The fourth-order valence-corrected chi connectivity index (χ4v) is 2.88. The van der Waals surface area contributed by atoms with Gasteiger partial charge in [-0.25, -0.2) is 4.98 Å². The van der Waals surface area contributed by atoms with Crippen LogP contribution in [0.25, 0.3) is 5.70 Å². The van der Waals surface area contributed by atoms with Gasteiger partial charge < -0.3 is 10.6 Å².